The number of halogens is 1. The zero-order valence-corrected chi connectivity index (χ0v) is 18.4. The van der Waals surface area contributed by atoms with Gasteiger partial charge in [-0.3, -0.25) is 0 Å². The van der Waals surface area contributed by atoms with Crippen LogP contribution in [0.25, 0.3) is 0 Å². The van der Waals surface area contributed by atoms with Gasteiger partial charge < -0.3 is 20.9 Å². The molecule has 4 rings (SSSR count). The molecule has 2 aromatic carbocycles. The van der Waals surface area contributed by atoms with E-state index in [1.807, 2.05) is 60.7 Å². The molecule has 0 saturated heterocycles. The van der Waals surface area contributed by atoms with Gasteiger partial charge in [0.2, 0.25) is 0 Å². The number of hydrogen-bond acceptors (Lipinski definition) is 6. The van der Waals surface area contributed by atoms with Crippen molar-refractivity contribution in [2.45, 2.75) is 13.2 Å². The van der Waals surface area contributed by atoms with Crippen molar-refractivity contribution < 1.29 is 9.47 Å². The van der Waals surface area contributed by atoms with E-state index in [1.165, 1.54) is 0 Å². The highest BCUT2D eigenvalue weighted by Gasteiger charge is 2.01. The molecule has 158 valence electrons. The second kappa shape index (κ2) is 11.6. The monoisotopic (exact) mass is 478 g/mol. The van der Waals surface area contributed by atoms with Crippen LogP contribution in [0.5, 0.6) is 11.5 Å². The fourth-order valence-electron chi connectivity index (χ4n) is 2.57. The molecule has 0 amide bonds. The number of benzene rings is 2. The van der Waals surface area contributed by atoms with E-state index in [9.17, 15) is 0 Å². The molecule has 6 nitrogen and oxygen atoms in total. The Hall–Kier alpha value is -3.58. The maximum Gasteiger partial charge on any atom is 0.166 e. The molecule has 31 heavy (non-hydrogen) atoms. The highest BCUT2D eigenvalue weighted by molar-refractivity contribution is 9.10. The van der Waals surface area contributed by atoms with E-state index in [4.69, 9.17) is 20.9 Å². The van der Waals surface area contributed by atoms with Crippen molar-refractivity contribution in [3.8, 4) is 11.5 Å². The third-order valence-corrected chi connectivity index (χ3v) is 4.61. The molecule has 0 saturated carbocycles. The molecular weight excluding hydrogens is 456 g/mol. The number of nitrogens with zero attached hydrogens (tertiary/aromatic N) is 2. The number of nitrogens with two attached hydrogens (primary N) is 2. The summed E-state index contributed by atoms with van der Waals surface area (Å²) >= 11 is 3.41. The summed E-state index contributed by atoms with van der Waals surface area (Å²) in [5.41, 5.74) is 13.5. The SMILES string of the molecule is Nc1ncccc1OCc1cccc(Br)c1.Nc1ncccc1OCc1ccccc1. The Kier molecular flexibility index (Phi) is 8.25. The Morgan fingerprint density at radius 2 is 1.19 bits per heavy atom. The summed E-state index contributed by atoms with van der Waals surface area (Å²) in [4.78, 5) is 7.90. The van der Waals surface area contributed by atoms with Crippen molar-refractivity contribution in [3.05, 3.63) is 107 Å². The molecule has 0 aliphatic heterocycles. The Bertz CT molecular complexity index is 1090. The highest BCUT2D eigenvalue weighted by Crippen LogP contribution is 2.20. The molecule has 0 aliphatic carbocycles. The molecule has 0 spiro atoms. The summed E-state index contributed by atoms with van der Waals surface area (Å²) in [6, 6.07) is 25.1. The van der Waals surface area contributed by atoms with E-state index in [2.05, 4.69) is 25.9 Å². The van der Waals surface area contributed by atoms with Gasteiger partial charge in [-0.2, -0.15) is 0 Å². The van der Waals surface area contributed by atoms with Crippen LogP contribution in [-0.4, -0.2) is 9.97 Å². The molecule has 0 aliphatic rings. The van der Waals surface area contributed by atoms with Crippen LogP contribution in [0.2, 0.25) is 0 Å². The molecule has 0 unspecified atom stereocenters. The van der Waals surface area contributed by atoms with E-state index in [0.29, 0.717) is 36.3 Å². The number of rotatable bonds is 6. The van der Waals surface area contributed by atoms with Gasteiger partial charge in [0.1, 0.15) is 13.2 Å². The fraction of sp³-hybridized carbons (Fsp3) is 0.0833. The number of pyridine rings is 2. The lowest BCUT2D eigenvalue weighted by atomic mass is 10.2. The van der Waals surface area contributed by atoms with Gasteiger partial charge in [0.05, 0.1) is 0 Å². The molecule has 0 fully saturated rings. The molecule has 0 atom stereocenters. The van der Waals surface area contributed by atoms with E-state index in [0.717, 1.165) is 15.6 Å². The number of hydrogen-bond donors (Lipinski definition) is 2. The Morgan fingerprint density at radius 1 is 0.645 bits per heavy atom. The molecule has 0 bridgehead atoms. The molecule has 0 radical (unpaired) electrons. The van der Waals surface area contributed by atoms with Crippen molar-refractivity contribution in [3.63, 3.8) is 0 Å². The molecule has 2 aromatic heterocycles. The van der Waals surface area contributed by atoms with Crippen molar-refractivity contribution in [1.29, 1.82) is 0 Å². The maximum atomic E-state index is 5.67. The van der Waals surface area contributed by atoms with Gasteiger partial charge in [0.15, 0.2) is 23.1 Å². The minimum atomic E-state index is 0.414. The van der Waals surface area contributed by atoms with Gasteiger partial charge in [-0.1, -0.05) is 58.4 Å². The van der Waals surface area contributed by atoms with Crippen LogP contribution in [0.1, 0.15) is 11.1 Å². The van der Waals surface area contributed by atoms with Crippen molar-refractivity contribution in [2.24, 2.45) is 0 Å². The van der Waals surface area contributed by atoms with E-state index < -0.39 is 0 Å². The van der Waals surface area contributed by atoms with Crippen LogP contribution in [0.3, 0.4) is 0 Å². The normalized spacial score (nSPS) is 9.97. The number of nitrogen functional groups attached to an aromatic ring is 2. The molecule has 2 heterocycles. The highest BCUT2D eigenvalue weighted by atomic mass is 79.9. The predicted molar refractivity (Wildman–Crippen MR) is 127 cm³/mol. The van der Waals surface area contributed by atoms with Crippen molar-refractivity contribution >= 4 is 27.6 Å². The number of ether oxygens (including phenoxy) is 2. The smallest absolute Gasteiger partial charge is 0.166 e. The first-order chi connectivity index (χ1) is 15.1. The topological polar surface area (TPSA) is 96.3 Å². The second-order valence-corrected chi connectivity index (χ2v) is 7.38. The summed E-state index contributed by atoms with van der Waals surface area (Å²) in [7, 11) is 0. The van der Waals surface area contributed by atoms with Gasteiger partial charge in [0.25, 0.3) is 0 Å². The Balaban J connectivity index is 0.000000176. The fourth-order valence-corrected chi connectivity index (χ4v) is 3.02. The Morgan fingerprint density at radius 3 is 1.74 bits per heavy atom. The van der Waals surface area contributed by atoms with Gasteiger partial charge in [-0.25, -0.2) is 9.97 Å². The minimum Gasteiger partial charge on any atom is -0.485 e. The quantitative estimate of drug-likeness (QED) is 0.392. The first-order valence-corrected chi connectivity index (χ1v) is 10.4. The van der Waals surface area contributed by atoms with Crippen LogP contribution >= 0.6 is 15.9 Å². The average Bonchev–Trinajstić information content (AvgIpc) is 2.79. The average molecular weight is 479 g/mol. The standard InChI is InChI=1S/C12H11BrN2O.C12H12N2O/c13-10-4-1-3-9(7-10)8-16-11-5-2-6-15-12(11)14;13-12-11(7-4-8-14-12)15-9-10-5-2-1-3-6-10/h1-7H,8H2,(H2,14,15);1-8H,9H2,(H2,13,14). The van der Waals surface area contributed by atoms with E-state index in [-0.39, 0.29) is 0 Å². The lowest BCUT2D eigenvalue weighted by Gasteiger charge is -2.07. The van der Waals surface area contributed by atoms with E-state index >= 15 is 0 Å². The van der Waals surface area contributed by atoms with Crippen LogP contribution in [0.15, 0.2) is 95.7 Å². The number of aromatic nitrogens is 2. The van der Waals surface area contributed by atoms with Gasteiger partial charge in [0, 0.05) is 16.9 Å². The van der Waals surface area contributed by atoms with Crippen molar-refractivity contribution in [1.82, 2.24) is 9.97 Å². The van der Waals surface area contributed by atoms with Crippen LogP contribution in [-0.2, 0) is 13.2 Å². The predicted octanol–water partition coefficient (Wildman–Crippen LogP) is 5.25. The number of anilines is 2. The second-order valence-electron chi connectivity index (χ2n) is 6.47. The summed E-state index contributed by atoms with van der Waals surface area (Å²) < 4.78 is 12.1. The van der Waals surface area contributed by atoms with Crippen molar-refractivity contribution in [2.75, 3.05) is 11.5 Å². The summed E-state index contributed by atoms with van der Waals surface area (Å²) in [6.07, 6.45) is 3.28. The largest absolute Gasteiger partial charge is 0.485 e. The van der Waals surface area contributed by atoms with Crippen LogP contribution in [0.4, 0.5) is 11.6 Å². The molecular formula is C24H23BrN4O2. The lowest BCUT2D eigenvalue weighted by molar-refractivity contribution is 0.307. The first kappa shape index (κ1) is 22.1. The third-order valence-electron chi connectivity index (χ3n) is 4.12. The zero-order valence-electron chi connectivity index (χ0n) is 16.8. The summed E-state index contributed by atoms with van der Waals surface area (Å²) in [5, 5.41) is 0. The van der Waals surface area contributed by atoms with Crippen LogP contribution in [0, 0.1) is 0 Å². The Labute approximate surface area is 190 Å². The molecule has 4 aromatic rings. The summed E-state index contributed by atoms with van der Waals surface area (Å²) in [6.45, 7) is 0.992. The van der Waals surface area contributed by atoms with Gasteiger partial charge in [-0.05, 0) is 47.5 Å². The van der Waals surface area contributed by atoms with Gasteiger partial charge >= 0.3 is 0 Å². The molecule has 4 N–H and O–H groups in total. The maximum absolute atomic E-state index is 5.67. The van der Waals surface area contributed by atoms with Crippen LogP contribution < -0.4 is 20.9 Å². The van der Waals surface area contributed by atoms with Gasteiger partial charge in [-0.15, -0.1) is 0 Å². The zero-order chi connectivity index (χ0) is 21.9. The summed E-state index contributed by atoms with van der Waals surface area (Å²) in [5.74, 6) is 2.08. The minimum absolute atomic E-state index is 0.414. The first-order valence-electron chi connectivity index (χ1n) is 9.57. The van der Waals surface area contributed by atoms with E-state index in [1.54, 1.807) is 30.6 Å². The lowest BCUT2D eigenvalue weighted by Crippen LogP contribution is -1.99. The molecule has 7 heteroatoms. The third kappa shape index (κ3) is 7.31.